The van der Waals surface area contributed by atoms with Gasteiger partial charge in [0.1, 0.15) is 11.5 Å². The second-order valence-electron chi connectivity index (χ2n) is 7.02. The molecule has 3 nitrogen and oxygen atoms in total. The molecular formula is C18H32N2O. The van der Waals surface area contributed by atoms with E-state index in [4.69, 9.17) is 4.42 Å². The Hall–Kier alpha value is -0.800. The van der Waals surface area contributed by atoms with Crippen LogP contribution in [0.1, 0.15) is 64.0 Å². The number of hydrogen-bond acceptors (Lipinski definition) is 3. The van der Waals surface area contributed by atoms with E-state index < -0.39 is 0 Å². The smallest absolute Gasteiger partial charge is 0.120 e. The first kappa shape index (κ1) is 16.6. The highest BCUT2D eigenvalue weighted by Gasteiger charge is 2.35. The molecule has 0 atom stereocenters. The van der Waals surface area contributed by atoms with Gasteiger partial charge in [-0.25, -0.2) is 0 Å². The highest BCUT2D eigenvalue weighted by Crippen LogP contribution is 2.37. The summed E-state index contributed by atoms with van der Waals surface area (Å²) in [4.78, 5) is 2.56. The number of furan rings is 1. The Bertz CT molecular complexity index is 446. The van der Waals surface area contributed by atoms with Crippen molar-refractivity contribution in [1.29, 1.82) is 0 Å². The summed E-state index contributed by atoms with van der Waals surface area (Å²) in [5.41, 5.74) is 1.82. The van der Waals surface area contributed by atoms with E-state index in [2.05, 4.69) is 50.9 Å². The third-order valence-electron chi connectivity index (χ3n) is 5.14. The van der Waals surface area contributed by atoms with Crippen molar-refractivity contribution in [3.63, 3.8) is 0 Å². The molecule has 3 heteroatoms. The van der Waals surface area contributed by atoms with Gasteiger partial charge >= 0.3 is 0 Å². The van der Waals surface area contributed by atoms with Gasteiger partial charge in [-0.15, -0.1) is 0 Å². The minimum absolute atomic E-state index is 0.492. The normalized spacial score (nSPS) is 18.8. The molecule has 1 fully saturated rings. The van der Waals surface area contributed by atoms with E-state index in [9.17, 15) is 0 Å². The predicted octanol–water partition coefficient (Wildman–Crippen LogP) is 4.10. The molecule has 1 aromatic rings. The minimum atomic E-state index is 0.492. The molecule has 0 amide bonds. The van der Waals surface area contributed by atoms with E-state index in [-0.39, 0.29) is 0 Å². The SMILES string of the molecule is CCC1(CC)CCN(Cc2cc(C)c(CNC(C)C)o2)C1. The highest BCUT2D eigenvalue weighted by molar-refractivity contribution is 5.20. The van der Waals surface area contributed by atoms with Crippen LogP contribution in [0.3, 0.4) is 0 Å². The van der Waals surface area contributed by atoms with Crippen LogP contribution >= 0.6 is 0 Å². The first-order valence-corrected chi connectivity index (χ1v) is 8.52. The molecule has 0 unspecified atom stereocenters. The maximum atomic E-state index is 6.06. The fraction of sp³-hybridized carbons (Fsp3) is 0.778. The molecule has 0 radical (unpaired) electrons. The third kappa shape index (κ3) is 4.10. The first-order valence-electron chi connectivity index (χ1n) is 8.52. The quantitative estimate of drug-likeness (QED) is 0.820. The van der Waals surface area contributed by atoms with Gasteiger partial charge in [-0.2, -0.15) is 0 Å². The van der Waals surface area contributed by atoms with Crippen LogP contribution in [-0.2, 0) is 13.1 Å². The third-order valence-corrected chi connectivity index (χ3v) is 5.14. The predicted molar refractivity (Wildman–Crippen MR) is 88.3 cm³/mol. The monoisotopic (exact) mass is 292 g/mol. The molecule has 1 aliphatic heterocycles. The molecule has 0 aromatic carbocycles. The molecule has 1 N–H and O–H groups in total. The molecule has 0 bridgehead atoms. The zero-order chi connectivity index (χ0) is 15.5. The van der Waals surface area contributed by atoms with Crippen LogP contribution in [0.4, 0.5) is 0 Å². The van der Waals surface area contributed by atoms with Gasteiger partial charge in [0.05, 0.1) is 13.1 Å². The van der Waals surface area contributed by atoms with Crippen LogP contribution in [0.2, 0.25) is 0 Å². The van der Waals surface area contributed by atoms with Crippen molar-refractivity contribution in [2.24, 2.45) is 5.41 Å². The Morgan fingerprint density at radius 3 is 2.62 bits per heavy atom. The standard InChI is InChI=1S/C18H32N2O/c1-6-18(7-2)8-9-20(13-18)12-16-10-15(5)17(21-16)11-19-14(3)4/h10,14,19H,6-9,11-13H2,1-5H3. The second kappa shape index (κ2) is 6.97. The van der Waals surface area contributed by atoms with Crippen LogP contribution in [0.15, 0.2) is 10.5 Å². The molecule has 1 aromatic heterocycles. The van der Waals surface area contributed by atoms with Crippen molar-refractivity contribution < 1.29 is 4.42 Å². The van der Waals surface area contributed by atoms with Crippen molar-refractivity contribution in [3.8, 4) is 0 Å². The molecule has 1 aliphatic rings. The van der Waals surface area contributed by atoms with Crippen LogP contribution < -0.4 is 5.32 Å². The molecule has 120 valence electrons. The van der Waals surface area contributed by atoms with Crippen molar-refractivity contribution in [2.75, 3.05) is 13.1 Å². The molecular weight excluding hydrogens is 260 g/mol. The largest absolute Gasteiger partial charge is 0.463 e. The number of rotatable bonds is 7. The van der Waals surface area contributed by atoms with E-state index in [0.29, 0.717) is 11.5 Å². The molecule has 0 saturated carbocycles. The molecule has 2 rings (SSSR count). The van der Waals surface area contributed by atoms with Gasteiger partial charge in [-0.05, 0) is 49.8 Å². The fourth-order valence-corrected chi connectivity index (χ4v) is 3.35. The lowest BCUT2D eigenvalue weighted by atomic mass is 9.82. The van der Waals surface area contributed by atoms with Gasteiger partial charge in [0.25, 0.3) is 0 Å². The molecule has 21 heavy (non-hydrogen) atoms. The molecule has 2 heterocycles. The van der Waals surface area contributed by atoms with E-state index in [0.717, 1.165) is 24.6 Å². The van der Waals surface area contributed by atoms with Crippen molar-refractivity contribution in [3.05, 3.63) is 23.2 Å². The summed E-state index contributed by atoms with van der Waals surface area (Å²) in [5, 5.41) is 3.43. The highest BCUT2D eigenvalue weighted by atomic mass is 16.3. The zero-order valence-corrected chi connectivity index (χ0v) is 14.5. The van der Waals surface area contributed by atoms with Gasteiger partial charge in [-0.3, -0.25) is 4.90 Å². The Kier molecular flexibility index (Phi) is 5.50. The van der Waals surface area contributed by atoms with E-state index >= 15 is 0 Å². The van der Waals surface area contributed by atoms with Gasteiger partial charge in [-0.1, -0.05) is 27.7 Å². The molecule has 1 saturated heterocycles. The summed E-state index contributed by atoms with van der Waals surface area (Å²) < 4.78 is 6.06. The summed E-state index contributed by atoms with van der Waals surface area (Å²) >= 11 is 0. The summed E-state index contributed by atoms with van der Waals surface area (Å²) in [6.07, 6.45) is 3.92. The summed E-state index contributed by atoms with van der Waals surface area (Å²) in [6.45, 7) is 15.4. The first-order chi connectivity index (χ1) is 9.98. The number of aryl methyl sites for hydroxylation is 1. The maximum Gasteiger partial charge on any atom is 0.120 e. The zero-order valence-electron chi connectivity index (χ0n) is 14.5. The fourth-order valence-electron chi connectivity index (χ4n) is 3.35. The van der Waals surface area contributed by atoms with Gasteiger partial charge in [0, 0.05) is 12.6 Å². The molecule has 0 aliphatic carbocycles. The molecule has 0 spiro atoms. The second-order valence-corrected chi connectivity index (χ2v) is 7.02. The number of nitrogens with zero attached hydrogens (tertiary/aromatic N) is 1. The van der Waals surface area contributed by atoms with E-state index in [1.165, 1.54) is 37.9 Å². The van der Waals surface area contributed by atoms with Crippen molar-refractivity contribution in [1.82, 2.24) is 10.2 Å². The maximum absolute atomic E-state index is 6.06. The van der Waals surface area contributed by atoms with E-state index in [1.807, 2.05) is 0 Å². The lowest BCUT2D eigenvalue weighted by molar-refractivity contribution is 0.224. The average molecular weight is 292 g/mol. The summed E-state index contributed by atoms with van der Waals surface area (Å²) in [7, 11) is 0. The van der Waals surface area contributed by atoms with Crippen molar-refractivity contribution >= 4 is 0 Å². The summed E-state index contributed by atoms with van der Waals surface area (Å²) in [6, 6.07) is 2.71. The van der Waals surface area contributed by atoms with Gasteiger partial charge in [0.15, 0.2) is 0 Å². The number of nitrogens with one attached hydrogen (secondary N) is 1. The Balaban J connectivity index is 1.93. The van der Waals surface area contributed by atoms with Crippen LogP contribution in [0, 0.1) is 12.3 Å². The van der Waals surface area contributed by atoms with E-state index in [1.54, 1.807) is 0 Å². The van der Waals surface area contributed by atoms with Gasteiger partial charge in [0.2, 0.25) is 0 Å². The lowest BCUT2D eigenvalue weighted by Crippen LogP contribution is -2.25. The van der Waals surface area contributed by atoms with Crippen LogP contribution in [0.5, 0.6) is 0 Å². The van der Waals surface area contributed by atoms with Crippen LogP contribution in [-0.4, -0.2) is 24.0 Å². The van der Waals surface area contributed by atoms with Crippen molar-refractivity contribution in [2.45, 2.75) is 73.0 Å². The Morgan fingerprint density at radius 2 is 2.05 bits per heavy atom. The average Bonchev–Trinajstić information content (AvgIpc) is 3.01. The summed E-state index contributed by atoms with van der Waals surface area (Å²) in [5.74, 6) is 2.21. The number of likely N-dealkylation sites (tertiary alicyclic amines) is 1. The topological polar surface area (TPSA) is 28.4 Å². The number of hydrogen-bond donors (Lipinski definition) is 1. The minimum Gasteiger partial charge on any atom is -0.463 e. The Labute approximate surface area is 130 Å². The van der Waals surface area contributed by atoms with Gasteiger partial charge < -0.3 is 9.73 Å². The lowest BCUT2D eigenvalue weighted by Gasteiger charge is -2.26. The Morgan fingerprint density at radius 1 is 1.33 bits per heavy atom. The van der Waals surface area contributed by atoms with Crippen LogP contribution in [0.25, 0.3) is 0 Å².